The monoisotopic (exact) mass is 1630 g/mol. The number of furan rings is 5. The van der Waals surface area contributed by atoms with Crippen LogP contribution in [0.1, 0.15) is 27.8 Å². The number of hydrogen-bond acceptors (Lipinski definition) is 10. The van der Waals surface area contributed by atoms with E-state index in [0.717, 1.165) is 220 Å². The van der Waals surface area contributed by atoms with Crippen molar-refractivity contribution >= 4 is 164 Å². The molecule has 15 aromatic heterocycles. The van der Waals surface area contributed by atoms with Crippen molar-refractivity contribution in [2.45, 2.75) is 34.6 Å². The lowest BCUT2D eigenvalue weighted by Crippen LogP contribution is -2.30. The van der Waals surface area contributed by atoms with Gasteiger partial charge in [-0.1, -0.05) is 103 Å². The molecule has 0 N–H and O–H groups in total. The third-order valence-electron chi connectivity index (χ3n) is 24.6. The highest BCUT2D eigenvalue weighted by atomic mass is 16.3. The summed E-state index contributed by atoms with van der Waals surface area (Å²) in [5, 5.41) is 18.8. The van der Waals surface area contributed by atoms with Crippen molar-refractivity contribution in [3.8, 4) is 56.3 Å². The topological polar surface area (TPSA) is 150 Å². The summed E-state index contributed by atoms with van der Waals surface area (Å²) in [6, 6.07) is 89.9. The number of para-hydroxylation sites is 1. The van der Waals surface area contributed by atoms with Crippen LogP contribution in [0.4, 0.5) is 0 Å². The Hall–Kier alpha value is -16.0. The molecule has 25 aromatic rings. The third-order valence-corrected chi connectivity index (χ3v) is 24.6. The Balaban J connectivity index is 0.0000000956. The van der Waals surface area contributed by atoms with Gasteiger partial charge in [0.05, 0.1) is 38.9 Å². The highest BCUT2D eigenvalue weighted by Crippen LogP contribution is 2.46. The molecule has 0 fully saturated rings. The summed E-state index contributed by atoms with van der Waals surface area (Å²) in [6.07, 6.45) is 23.4. The van der Waals surface area contributed by atoms with E-state index in [4.69, 9.17) is 22.1 Å². The standard InChI is InChI=1S/5C22H17N2O/c1-14-8-9-16-15-10-11-18-17(6-5-12-23-18)21(15)25-22(16)20(14)19-7-3-4-13-24(19)2;1-14-10-11-15-17-13-23-18-8-4-3-7-16(18)21(17)25-22(15)20(14)19-9-5-6-12-24(19)2;1-14-10-11-17-20-22(16-8-4-3-7-15(16)13-23-20)25-21(17)19(14)18-9-5-6-12-24(18)2;1-14-6-8-18-17-9-7-15-13-23-11-10-16(15)21(17)25-22(18)20(14)19-5-3-4-12-24(19)2;1-14-6-8-17-16-9-7-15-10-11-23-13-18(15)21(16)25-22(17)20(14)19-5-3-4-12-24(19)2/h5*3-13H,1-2H3/q5*+1. The molecule has 0 spiro atoms. The molecule has 10 aromatic carbocycles. The summed E-state index contributed by atoms with van der Waals surface area (Å²) in [4.78, 5) is 22.2. The molecule has 0 bridgehead atoms. The lowest BCUT2D eigenvalue weighted by Gasteiger charge is -2.04. The first-order chi connectivity index (χ1) is 61.2. The Morgan fingerprint density at radius 3 is 1.03 bits per heavy atom. The van der Waals surface area contributed by atoms with Gasteiger partial charge in [-0.3, -0.25) is 24.9 Å². The maximum Gasteiger partial charge on any atom is 0.216 e. The zero-order chi connectivity index (χ0) is 84.8. The molecule has 0 saturated carbocycles. The van der Waals surface area contributed by atoms with Crippen molar-refractivity contribution in [1.29, 1.82) is 0 Å². The van der Waals surface area contributed by atoms with E-state index in [1.165, 1.54) is 27.8 Å². The number of fused-ring (bicyclic) bond motifs is 25. The Morgan fingerprint density at radius 1 is 0.200 bits per heavy atom. The van der Waals surface area contributed by atoms with Crippen LogP contribution in [0, 0.1) is 34.6 Å². The Bertz CT molecular complexity index is 7500. The number of rotatable bonds is 5. The fourth-order valence-corrected chi connectivity index (χ4v) is 18.2. The van der Waals surface area contributed by atoms with Gasteiger partial charge in [-0.15, -0.1) is 0 Å². The van der Waals surface area contributed by atoms with Gasteiger partial charge in [-0.2, -0.15) is 0 Å². The lowest BCUT2D eigenvalue weighted by atomic mass is 10.00. The fraction of sp³-hybridized carbons (Fsp3) is 0.0909. The van der Waals surface area contributed by atoms with Crippen LogP contribution in [-0.2, 0) is 35.2 Å². The predicted molar refractivity (Wildman–Crippen MR) is 502 cm³/mol. The summed E-state index contributed by atoms with van der Waals surface area (Å²) in [5.74, 6) is 0. The molecule has 0 aliphatic heterocycles. The average Bonchev–Trinajstić information content (AvgIpc) is 1.61. The molecule has 125 heavy (non-hydrogen) atoms. The molecular weight excluding hydrogens is 1540 g/mol. The van der Waals surface area contributed by atoms with E-state index >= 15 is 0 Å². The van der Waals surface area contributed by atoms with Crippen LogP contribution in [0.3, 0.4) is 0 Å². The van der Waals surface area contributed by atoms with Crippen LogP contribution in [0.5, 0.6) is 0 Å². The van der Waals surface area contributed by atoms with Crippen LogP contribution in [0.15, 0.2) is 357 Å². The predicted octanol–water partition coefficient (Wildman–Crippen LogP) is 24.7. The Morgan fingerprint density at radius 2 is 0.536 bits per heavy atom. The summed E-state index contributed by atoms with van der Waals surface area (Å²) < 4.78 is 42.8. The number of hydrogen-bond donors (Lipinski definition) is 0. The van der Waals surface area contributed by atoms with E-state index in [1.807, 2.05) is 122 Å². The van der Waals surface area contributed by atoms with Gasteiger partial charge >= 0.3 is 0 Å². The van der Waals surface area contributed by atoms with Gasteiger partial charge in [0.2, 0.25) is 28.5 Å². The van der Waals surface area contributed by atoms with Gasteiger partial charge in [0.1, 0.15) is 85.4 Å². The van der Waals surface area contributed by atoms with Crippen LogP contribution < -0.4 is 22.8 Å². The molecule has 0 saturated heterocycles. The molecule has 25 rings (SSSR count). The van der Waals surface area contributed by atoms with Crippen LogP contribution >= 0.6 is 0 Å². The number of aromatic nitrogens is 10. The minimum Gasteiger partial charge on any atom is -0.454 e. The molecule has 0 aliphatic rings. The molecule has 0 aliphatic carbocycles. The maximum atomic E-state index is 6.45. The zero-order valence-electron chi connectivity index (χ0n) is 70.8. The number of pyridine rings is 10. The van der Waals surface area contributed by atoms with Gasteiger partial charge < -0.3 is 22.1 Å². The molecule has 15 heteroatoms. The summed E-state index contributed by atoms with van der Waals surface area (Å²) in [6.45, 7) is 10.7. The van der Waals surface area contributed by atoms with Gasteiger partial charge in [-0.05, 0) is 165 Å². The van der Waals surface area contributed by atoms with Crippen molar-refractivity contribution in [3.63, 3.8) is 0 Å². The van der Waals surface area contributed by atoms with Crippen molar-refractivity contribution < 1.29 is 44.9 Å². The quantitative estimate of drug-likeness (QED) is 0.152. The second-order valence-electron chi connectivity index (χ2n) is 32.3. The molecule has 15 nitrogen and oxygen atoms in total. The summed E-state index contributed by atoms with van der Waals surface area (Å²) >= 11 is 0. The van der Waals surface area contributed by atoms with E-state index in [2.05, 4.69) is 331 Å². The SMILES string of the molecule is Cc1ccc2c(oc3c4ccccc4cnc23)c1-c1cccc[n+]1C.Cc1ccc2c(oc3c4ccccc4ncc23)c1-c1cccc[n+]1C.Cc1ccc2c(oc3c4cccnc4ccc23)c1-c1cccc[n+]1C.Cc1ccc2c(oc3c4ccncc4ccc23)c1-c1cccc[n+]1C.Cc1ccc2c(oc3c4cnccc4ccc23)c1-c1cccc[n+]1C. The largest absolute Gasteiger partial charge is 0.454 e. The average molecular weight is 1630 g/mol. The first kappa shape index (κ1) is 76.4. The van der Waals surface area contributed by atoms with E-state index in [-0.39, 0.29) is 0 Å². The molecular formula is C110H85N10O5+5. The minimum absolute atomic E-state index is 0.860. The first-order valence-electron chi connectivity index (χ1n) is 41.9. The minimum atomic E-state index is 0.860. The van der Waals surface area contributed by atoms with Gasteiger partial charge in [-0.25, -0.2) is 22.8 Å². The van der Waals surface area contributed by atoms with E-state index in [0.29, 0.717) is 0 Å². The van der Waals surface area contributed by atoms with Crippen molar-refractivity contribution in [2.75, 3.05) is 0 Å². The second-order valence-corrected chi connectivity index (χ2v) is 32.3. The molecule has 0 unspecified atom stereocenters. The van der Waals surface area contributed by atoms with E-state index in [1.54, 1.807) is 0 Å². The molecule has 15 heterocycles. The van der Waals surface area contributed by atoms with Crippen LogP contribution in [-0.4, -0.2) is 24.9 Å². The molecule has 0 amide bonds. The fourth-order valence-electron chi connectivity index (χ4n) is 18.2. The number of benzene rings is 10. The normalized spacial score (nSPS) is 11.6. The number of aryl methyl sites for hydroxylation is 10. The zero-order valence-corrected chi connectivity index (χ0v) is 70.8. The highest BCUT2D eigenvalue weighted by molar-refractivity contribution is 6.21. The highest BCUT2D eigenvalue weighted by Gasteiger charge is 2.28. The molecule has 0 radical (unpaired) electrons. The molecule has 0 atom stereocenters. The van der Waals surface area contributed by atoms with Crippen LogP contribution in [0.25, 0.3) is 220 Å². The van der Waals surface area contributed by atoms with Gasteiger partial charge in [0, 0.05) is 190 Å². The number of nitrogens with zero attached hydrogens (tertiary/aromatic N) is 10. The van der Waals surface area contributed by atoms with Gasteiger partial charge in [0.15, 0.2) is 42.2 Å². The van der Waals surface area contributed by atoms with Crippen LogP contribution in [0.2, 0.25) is 0 Å². The summed E-state index contributed by atoms with van der Waals surface area (Å²) in [7, 11) is 10.3. The van der Waals surface area contributed by atoms with Crippen molar-refractivity contribution in [1.82, 2.24) is 24.9 Å². The molecule has 600 valence electrons. The maximum absolute atomic E-state index is 6.45. The second kappa shape index (κ2) is 31.2. The van der Waals surface area contributed by atoms with Gasteiger partial charge in [0.25, 0.3) is 0 Å². The van der Waals surface area contributed by atoms with E-state index in [9.17, 15) is 0 Å². The lowest BCUT2D eigenvalue weighted by molar-refractivity contribution is -0.660. The first-order valence-corrected chi connectivity index (χ1v) is 41.9. The van der Waals surface area contributed by atoms with E-state index < -0.39 is 0 Å². The third kappa shape index (κ3) is 13.1. The smallest absolute Gasteiger partial charge is 0.216 e. The van der Waals surface area contributed by atoms with Crippen molar-refractivity contribution in [3.05, 3.63) is 363 Å². The van der Waals surface area contributed by atoms with Crippen molar-refractivity contribution in [2.24, 2.45) is 35.2 Å². The Labute approximate surface area is 718 Å². The summed E-state index contributed by atoms with van der Waals surface area (Å²) in [5.41, 5.74) is 29.4. The Kier molecular flexibility index (Phi) is 19.1.